The summed E-state index contributed by atoms with van der Waals surface area (Å²) in [6.45, 7) is 10.4. The van der Waals surface area contributed by atoms with Crippen LogP contribution in [0.3, 0.4) is 0 Å². The normalized spacial score (nSPS) is 12.3. The van der Waals surface area contributed by atoms with E-state index < -0.39 is 40.0 Å². The van der Waals surface area contributed by atoms with E-state index in [0.717, 1.165) is 7.11 Å². The van der Waals surface area contributed by atoms with Crippen LogP contribution in [0.4, 0.5) is 21.1 Å². The summed E-state index contributed by atoms with van der Waals surface area (Å²) in [7, 11) is -2.37. The highest BCUT2D eigenvalue weighted by Crippen LogP contribution is 2.37. The van der Waals surface area contributed by atoms with Gasteiger partial charge in [0.2, 0.25) is 0 Å². The zero-order chi connectivity index (χ0) is 35.6. The SMILES string of the molecule is COCOc1cc2ccc(N(CCC(C)C)C(=O)OC(C)(C)C)nc2cc1N(C(C)C(=O)OC)S(=O)(=O)NC(=O)OCc1ccccc1. The first-order valence-electron chi connectivity index (χ1n) is 15.2. The lowest BCUT2D eigenvalue weighted by molar-refractivity contribution is -0.141. The Balaban J connectivity index is 2.14. The van der Waals surface area contributed by atoms with Gasteiger partial charge in [-0.25, -0.2) is 28.4 Å². The number of hydrogen-bond donors (Lipinski definition) is 1. The van der Waals surface area contributed by atoms with E-state index in [1.54, 1.807) is 63.2 Å². The van der Waals surface area contributed by atoms with Gasteiger partial charge in [0.05, 0.1) is 18.3 Å². The van der Waals surface area contributed by atoms with Crippen molar-refractivity contribution in [3.05, 3.63) is 60.2 Å². The molecule has 262 valence electrons. The number of anilines is 2. The first-order chi connectivity index (χ1) is 22.6. The molecule has 0 bridgehead atoms. The van der Waals surface area contributed by atoms with E-state index in [9.17, 15) is 22.8 Å². The summed E-state index contributed by atoms with van der Waals surface area (Å²) in [6, 6.07) is 13.4. The number of esters is 1. The maximum absolute atomic E-state index is 13.9. The van der Waals surface area contributed by atoms with Crippen LogP contribution in [0.25, 0.3) is 10.9 Å². The minimum absolute atomic E-state index is 0.0125. The van der Waals surface area contributed by atoms with Gasteiger partial charge in [-0.2, -0.15) is 8.42 Å². The third kappa shape index (κ3) is 10.4. The first kappa shape index (κ1) is 37.8. The molecule has 0 radical (unpaired) electrons. The molecule has 1 aromatic heterocycles. The van der Waals surface area contributed by atoms with Crippen LogP contribution in [0.15, 0.2) is 54.6 Å². The number of pyridine rings is 1. The Bertz CT molecular complexity index is 1680. The molecule has 0 saturated carbocycles. The minimum atomic E-state index is -4.85. The predicted molar refractivity (Wildman–Crippen MR) is 180 cm³/mol. The number of carbonyl (C=O) groups excluding carboxylic acids is 3. The average Bonchev–Trinajstić information content (AvgIpc) is 3.01. The van der Waals surface area contributed by atoms with E-state index in [-0.39, 0.29) is 42.1 Å². The van der Waals surface area contributed by atoms with Crippen LogP contribution in [-0.4, -0.2) is 70.8 Å². The highest BCUT2D eigenvalue weighted by Gasteiger charge is 2.37. The number of ether oxygens (including phenoxy) is 5. The molecular weight excluding hydrogens is 644 g/mol. The van der Waals surface area contributed by atoms with Crippen molar-refractivity contribution < 1.29 is 46.5 Å². The monoisotopic (exact) mass is 688 g/mol. The molecule has 1 unspecified atom stereocenters. The van der Waals surface area contributed by atoms with Gasteiger partial charge in [0, 0.05) is 19.0 Å². The summed E-state index contributed by atoms with van der Waals surface area (Å²) >= 11 is 0. The van der Waals surface area contributed by atoms with Gasteiger partial charge in [0.1, 0.15) is 29.8 Å². The summed E-state index contributed by atoms with van der Waals surface area (Å²) in [6.07, 6.45) is -1.22. The Kier molecular flexibility index (Phi) is 13.0. The molecule has 14 nitrogen and oxygen atoms in total. The summed E-state index contributed by atoms with van der Waals surface area (Å²) < 4.78 is 56.7. The number of nitrogens with zero attached hydrogens (tertiary/aromatic N) is 3. The van der Waals surface area contributed by atoms with Crippen molar-refractivity contribution in [3.8, 4) is 5.75 Å². The predicted octanol–water partition coefficient (Wildman–Crippen LogP) is 5.54. The third-order valence-corrected chi connectivity index (χ3v) is 8.18. The zero-order valence-electron chi connectivity index (χ0n) is 28.5. The molecule has 0 aliphatic rings. The van der Waals surface area contributed by atoms with Crippen LogP contribution in [0, 0.1) is 5.92 Å². The van der Waals surface area contributed by atoms with Gasteiger partial charge in [0.15, 0.2) is 6.79 Å². The van der Waals surface area contributed by atoms with Gasteiger partial charge in [-0.15, -0.1) is 0 Å². The van der Waals surface area contributed by atoms with Gasteiger partial charge < -0.3 is 23.7 Å². The van der Waals surface area contributed by atoms with Crippen LogP contribution < -0.4 is 18.7 Å². The lowest BCUT2D eigenvalue weighted by Crippen LogP contribution is -2.51. The lowest BCUT2D eigenvalue weighted by atomic mass is 10.1. The van der Waals surface area contributed by atoms with Gasteiger partial charge in [-0.3, -0.25) is 4.90 Å². The van der Waals surface area contributed by atoms with Crippen molar-refractivity contribution in [2.45, 2.75) is 66.2 Å². The fourth-order valence-corrected chi connectivity index (χ4v) is 5.68. The molecule has 48 heavy (non-hydrogen) atoms. The molecule has 3 rings (SSSR count). The second-order valence-electron chi connectivity index (χ2n) is 12.2. The van der Waals surface area contributed by atoms with Gasteiger partial charge in [-0.05, 0) is 69.9 Å². The van der Waals surface area contributed by atoms with E-state index in [4.69, 9.17) is 23.7 Å². The molecule has 0 aliphatic heterocycles. The van der Waals surface area contributed by atoms with Crippen LogP contribution in [0.2, 0.25) is 0 Å². The minimum Gasteiger partial charge on any atom is -0.467 e. The Hall–Kier alpha value is -4.63. The van der Waals surface area contributed by atoms with Crippen molar-refractivity contribution in [2.24, 2.45) is 5.92 Å². The number of hydrogen-bond acceptors (Lipinski definition) is 11. The highest BCUT2D eigenvalue weighted by atomic mass is 32.2. The summed E-state index contributed by atoms with van der Waals surface area (Å²) in [4.78, 5) is 44.9. The molecule has 1 N–H and O–H groups in total. The van der Waals surface area contributed by atoms with Crippen molar-refractivity contribution in [2.75, 3.05) is 36.8 Å². The van der Waals surface area contributed by atoms with Crippen LogP contribution in [0.5, 0.6) is 5.75 Å². The van der Waals surface area contributed by atoms with Gasteiger partial charge >= 0.3 is 28.4 Å². The molecule has 0 saturated heterocycles. The molecule has 2 amide bonds. The average molecular weight is 689 g/mol. The number of rotatable bonds is 14. The Morgan fingerprint density at radius 3 is 2.27 bits per heavy atom. The second kappa shape index (κ2) is 16.5. The molecule has 0 fully saturated rings. The van der Waals surface area contributed by atoms with Crippen molar-refractivity contribution in [3.63, 3.8) is 0 Å². The number of aromatic nitrogens is 1. The van der Waals surface area contributed by atoms with Crippen LogP contribution >= 0.6 is 0 Å². The van der Waals surface area contributed by atoms with Gasteiger partial charge in [0.25, 0.3) is 0 Å². The molecule has 0 spiro atoms. The molecular formula is C33H44N4O10S. The molecule has 15 heteroatoms. The molecule has 1 heterocycles. The number of methoxy groups -OCH3 is 2. The van der Waals surface area contributed by atoms with E-state index >= 15 is 0 Å². The smallest absolute Gasteiger partial charge is 0.422 e. The maximum Gasteiger partial charge on any atom is 0.422 e. The zero-order valence-corrected chi connectivity index (χ0v) is 29.3. The van der Waals surface area contributed by atoms with E-state index in [0.29, 0.717) is 28.2 Å². The number of amides is 2. The second-order valence-corrected chi connectivity index (χ2v) is 13.8. The molecule has 1 atom stereocenters. The fourth-order valence-electron chi connectivity index (χ4n) is 4.41. The van der Waals surface area contributed by atoms with Crippen molar-refractivity contribution in [1.82, 2.24) is 9.71 Å². The van der Waals surface area contributed by atoms with E-state index in [1.165, 1.54) is 31.1 Å². The van der Waals surface area contributed by atoms with Crippen LogP contribution in [-0.2, 0) is 40.6 Å². The number of carbonyl (C=O) groups is 3. The third-order valence-electron chi connectivity index (χ3n) is 6.72. The van der Waals surface area contributed by atoms with E-state index in [1.807, 2.05) is 18.6 Å². The topological polar surface area (TPSA) is 163 Å². The Labute approximate surface area is 281 Å². The quantitative estimate of drug-likeness (QED) is 0.128. The van der Waals surface area contributed by atoms with Crippen LogP contribution in [0.1, 0.15) is 53.5 Å². The summed E-state index contributed by atoms with van der Waals surface area (Å²) in [5.74, 6) is -0.413. The Morgan fingerprint density at radius 1 is 0.979 bits per heavy atom. The lowest BCUT2D eigenvalue weighted by Gasteiger charge is -2.30. The fraction of sp³-hybridized carbons (Fsp3) is 0.455. The summed E-state index contributed by atoms with van der Waals surface area (Å²) in [5, 5.41) is 0.514. The number of nitrogens with one attached hydrogen (secondary N) is 1. The van der Waals surface area contributed by atoms with E-state index in [2.05, 4.69) is 4.98 Å². The van der Waals surface area contributed by atoms with Gasteiger partial charge in [-0.1, -0.05) is 44.2 Å². The standard InChI is InChI=1S/C33H44N4O10S/c1-22(2)16-17-36(32(40)47-33(4,5)6)29-15-14-25-18-28(46-21-43-7)27(19-26(25)34-29)37(23(3)30(38)44-8)48(41,42)35-31(39)45-20-24-12-10-9-11-13-24/h9-15,18-19,22-23H,16-17,20-21H2,1-8H3,(H,35,39). The first-order valence-corrected chi connectivity index (χ1v) is 16.7. The number of fused-ring (bicyclic) bond motifs is 1. The van der Waals surface area contributed by atoms with Crippen molar-refractivity contribution in [1.29, 1.82) is 0 Å². The maximum atomic E-state index is 13.9. The molecule has 2 aromatic carbocycles. The number of benzene rings is 2. The Morgan fingerprint density at radius 2 is 1.67 bits per heavy atom. The highest BCUT2D eigenvalue weighted by molar-refractivity contribution is 7.91. The largest absolute Gasteiger partial charge is 0.467 e. The molecule has 0 aliphatic carbocycles. The summed E-state index contributed by atoms with van der Waals surface area (Å²) in [5.41, 5.74) is -0.0603. The molecule has 3 aromatic rings. The van der Waals surface area contributed by atoms with Crippen molar-refractivity contribution >= 4 is 50.8 Å².